The van der Waals surface area contributed by atoms with Gasteiger partial charge in [-0.05, 0) is 19.0 Å². The molecule has 86 valence electrons. The number of unbranched alkanes of at least 4 members (excludes halogenated alkanes) is 1. The number of hydrogen-bond donors (Lipinski definition) is 0. The number of nitrogens with zero attached hydrogens (tertiary/aromatic N) is 3. The van der Waals surface area contributed by atoms with Crippen molar-refractivity contribution in [3.63, 3.8) is 0 Å². The third-order valence-corrected chi connectivity index (χ3v) is 2.74. The number of alkyl halides is 1. The third kappa shape index (κ3) is 4.80. The lowest BCUT2D eigenvalue weighted by Gasteiger charge is -2.19. The highest BCUT2D eigenvalue weighted by Crippen LogP contribution is 2.04. The van der Waals surface area contributed by atoms with E-state index in [1.807, 2.05) is 17.9 Å². The standard InChI is InChI=1S/C11H20BrN3/c1-3-4-7-15(9-6-12)10-11-5-8-14(2)13-11/h5,8H,3-4,6-7,9-10H2,1-2H3. The maximum Gasteiger partial charge on any atom is 0.0764 e. The molecule has 1 aromatic heterocycles. The molecule has 0 aliphatic carbocycles. The van der Waals surface area contributed by atoms with Gasteiger partial charge in [0.2, 0.25) is 0 Å². The summed E-state index contributed by atoms with van der Waals surface area (Å²) in [5.41, 5.74) is 1.16. The van der Waals surface area contributed by atoms with Gasteiger partial charge >= 0.3 is 0 Å². The van der Waals surface area contributed by atoms with Crippen LogP contribution >= 0.6 is 15.9 Å². The molecular weight excluding hydrogens is 254 g/mol. The molecule has 0 aliphatic rings. The van der Waals surface area contributed by atoms with Gasteiger partial charge in [-0.25, -0.2) is 0 Å². The summed E-state index contributed by atoms with van der Waals surface area (Å²) < 4.78 is 1.86. The van der Waals surface area contributed by atoms with Crippen molar-refractivity contribution < 1.29 is 0 Å². The monoisotopic (exact) mass is 273 g/mol. The van der Waals surface area contributed by atoms with E-state index in [-0.39, 0.29) is 0 Å². The van der Waals surface area contributed by atoms with Crippen LogP contribution in [0.25, 0.3) is 0 Å². The molecule has 0 N–H and O–H groups in total. The number of hydrogen-bond acceptors (Lipinski definition) is 2. The van der Waals surface area contributed by atoms with Crippen molar-refractivity contribution in [2.24, 2.45) is 7.05 Å². The first-order chi connectivity index (χ1) is 7.26. The van der Waals surface area contributed by atoms with Gasteiger partial charge in [-0.3, -0.25) is 9.58 Å². The van der Waals surface area contributed by atoms with Gasteiger partial charge in [-0.15, -0.1) is 0 Å². The van der Waals surface area contributed by atoms with E-state index in [0.29, 0.717) is 0 Å². The molecule has 0 aromatic carbocycles. The fourth-order valence-corrected chi connectivity index (χ4v) is 2.05. The number of rotatable bonds is 7. The third-order valence-electron chi connectivity index (χ3n) is 2.38. The molecule has 1 rings (SSSR count). The zero-order valence-corrected chi connectivity index (χ0v) is 11.2. The molecule has 4 heteroatoms. The Morgan fingerprint density at radius 2 is 2.27 bits per heavy atom. The summed E-state index contributed by atoms with van der Waals surface area (Å²) in [5, 5.41) is 5.43. The van der Waals surface area contributed by atoms with Crippen LogP contribution in [-0.4, -0.2) is 33.1 Å². The highest BCUT2D eigenvalue weighted by atomic mass is 79.9. The van der Waals surface area contributed by atoms with Crippen molar-refractivity contribution in [3.8, 4) is 0 Å². The molecule has 0 atom stereocenters. The van der Waals surface area contributed by atoms with Crippen molar-refractivity contribution in [2.75, 3.05) is 18.4 Å². The Morgan fingerprint density at radius 1 is 1.47 bits per heavy atom. The summed E-state index contributed by atoms with van der Waals surface area (Å²) >= 11 is 3.49. The fourth-order valence-electron chi connectivity index (χ4n) is 1.55. The second kappa shape index (κ2) is 7.01. The Balaban J connectivity index is 2.42. The lowest BCUT2D eigenvalue weighted by Crippen LogP contribution is -2.26. The number of halogens is 1. The zero-order chi connectivity index (χ0) is 11.1. The maximum absolute atomic E-state index is 4.40. The highest BCUT2D eigenvalue weighted by Gasteiger charge is 2.06. The van der Waals surface area contributed by atoms with Gasteiger partial charge in [0.15, 0.2) is 0 Å². The predicted octanol–water partition coefficient (Wildman–Crippen LogP) is 2.42. The Bertz CT molecular complexity index is 273. The Hall–Kier alpha value is -0.350. The van der Waals surface area contributed by atoms with Crippen LogP contribution in [0.4, 0.5) is 0 Å². The van der Waals surface area contributed by atoms with Crippen molar-refractivity contribution in [1.82, 2.24) is 14.7 Å². The topological polar surface area (TPSA) is 21.1 Å². The minimum absolute atomic E-state index is 0.965. The van der Waals surface area contributed by atoms with Gasteiger partial charge in [-0.2, -0.15) is 5.10 Å². The summed E-state index contributed by atoms with van der Waals surface area (Å²) in [5.74, 6) is 0. The molecule has 0 unspecified atom stereocenters. The highest BCUT2D eigenvalue weighted by molar-refractivity contribution is 9.09. The minimum atomic E-state index is 0.965. The molecule has 0 fully saturated rings. The number of aromatic nitrogens is 2. The molecule has 0 spiro atoms. The van der Waals surface area contributed by atoms with Gasteiger partial charge in [0.05, 0.1) is 5.69 Å². The molecule has 0 radical (unpaired) electrons. The average Bonchev–Trinajstić information content (AvgIpc) is 2.61. The first-order valence-corrected chi connectivity index (χ1v) is 6.65. The molecule has 1 heterocycles. The average molecular weight is 274 g/mol. The van der Waals surface area contributed by atoms with Crippen molar-refractivity contribution in [3.05, 3.63) is 18.0 Å². The van der Waals surface area contributed by atoms with E-state index in [9.17, 15) is 0 Å². The molecule has 15 heavy (non-hydrogen) atoms. The Kier molecular flexibility index (Phi) is 5.95. The van der Waals surface area contributed by atoms with Crippen LogP contribution in [0.2, 0.25) is 0 Å². The molecule has 1 aromatic rings. The van der Waals surface area contributed by atoms with Crippen LogP contribution in [0.1, 0.15) is 25.5 Å². The Morgan fingerprint density at radius 3 is 2.80 bits per heavy atom. The van der Waals surface area contributed by atoms with E-state index in [1.54, 1.807) is 0 Å². The van der Waals surface area contributed by atoms with Crippen LogP contribution in [0.5, 0.6) is 0 Å². The lowest BCUT2D eigenvalue weighted by atomic mass is 10.3. The predicted molar refractivity (Wildman–Crippen MR) is 67.2 cm³/mol. The summed E-state index contributed by atoms with van der Waals surface area (Å²) in [4.78, 5) is 2.45. The maximum atomic E-state index is 4.40. The molecule has 0 amide bonds. The van der Waals surface area contributed by atoms with Gasteiger partial charge in [-0.1, -0.05) is 29.3 Å². The summed E-state index contributed by atoms with van der Waals surface area (Å²) in [6.07, 6.45) is 4.52. The summed E-state index contributed by atoms with van der Waals surface area (Å²) in [6.45, 7) is 5.45. The van der Waals surface area contributed by atoms with Gasteiger partial charge < -0.3 is 0 Å². The first kappa shape index (κ1) is 12.7. The van der Waals surface area contributed by atoms with Gasteiger partial charge in [0.1, 0.15) is 0 Å². The Labute approximate surface area is 101 Å². The molecule has 3 nitrogen and oxygen atoms in total. The van der Waals surface area contributed by atoms with Crippen molar-refractivity contribution in [1.29, 1.82) is 0 Å². The number of aryl methyl sites for hydroxylation is 1. The van der Waals surface area contributed by atoms with Gasteiger partial charge in [0.25, 0.3) is 0 Å². The van der Waals surface area contributed by atoms with E-state index in [2.05, 4.69) is 38.9 Å². The molecular formula is C11H20BrN3. The lowest BCUT2D eigenvalue weighted by molar-refractivity contribution is 0.274. The van der Waals surface area contributed by atoms with E-state index in [0.717, 1.165) is 24.1 Å². The van der Waals surface area contributed by atoms with Crippen molar-refractivity contribution in [2.45, 2.75) is 26.3 Å². The second-order valence-electron chi connectivity index (χ2n) is 3.80. The van der Waals surface area contributed by atoms with Crippen LogP contribution in [0, 0.1) is 0 Å². The van der Waals surface area contributed by atoms with Crippen LogP contribution in [0.15, 0.2) is 12.3 Å². The minimum Gasteiger partial charge on any atom is -0.297 e. The second-order valence-corrected chi connectivity index (χ2v) is 4.59. The SMILES string of the molecule is CCCCN(CCBr)Cc1ccn(C)n1. The smallest absolute Gasteiger partial charge is 0.0764 e. The summed E-state index contributed by atoms with van der Waals surface area (Å²) in [6, 6.07) is 2.09. The quantitative estimate of drug-likeness (QED) is 0.712. The summed E-state index contributed by atoms with van der Waals surface area (Å²) in [7, 11) is 1.96. The molecule has 0 aliphatic heterocycles. The molecule has 0 bridgehead atoms. The normalized spacial score (nSPS) is 11.2. The van der Waals surface area contributed by atoms with E-state index >= 15 is 0 Å². The van der Waals surface area contributed by atoms with Crippen molar-refractivity contribution >= 4 is 15.9 Å². The molecule has 0 saturated carbocycles. The van der Waals surface area contributed by atoms with E-state index in [4.69, 9.17) is 0 Å². The van der Waals surface area contributed by atoms with Gasteiger partial charge in [0, 0.05) is 31.7 Å². The van der Waals surface area contributed by atoms with Crippen LogP contribution in [0.3, 0.4) is 0 Å². The van der Waals surface area contributed by atoms with E-state index < -0.39 is 0 Å². The van der Waals surface area contributed by atoms with Crippen LogP contribution in [-0.2, 0) is 13.6 Å². The first-order valence-electron chi connectivity index (χ1n) is 5.53. The molecule has 0 saturated heterocycles. The van der Waals surface area contributed by atoms with E-state index in [1.165, 1.54) is 19.4 Å². The zero-order valence-electron chi connectivity index (χ0n) is 9.62. The van der Waals surface area contributed by atoms with Crippen LogP contribution < -0.4 is 0 Å². The fraction of sp³-hybridized carbons (Fsp3) is 0.727. The largest absolute Gasteiger partial charge is 0.297 e.